The summed E-state index contributed by atoms with van der Waals surface area (Å²) >= 11 is 0. The molecule has 3 aromatic rings. The highest BCUT2D eigenvalue weighted by Crippen LogP contribution is 2.45. The van der Waals surface area contributed by atoms with Gasteiger partial charge in [-0.25, -0.2) is 4.39 Å². The molecule has 1 saturated heterocycles. The number of ether oxygens (including phenoxy) is 1. The predicted molar refractivity (Wildman–Crippen MR) is 148 cm³/mol. The number of ketones is 1. The van der Waals surface area contributed by atoms with Crippen molar-refractivity contribution in [2.24, 2.45) is 0 Å². The van der Waals surface area contributed by atoms with Gasteiger partial charge in [-0.1, -0.05) is 50.6 Å². The second kappa shape index (κ2) is 11.2. The number of nitriles is 1. The van der Waals surface area contributed by atoms with Gasteiger partial charge in [0.15, 0.2) is 6.71 Å². The summed E-state index contributed by atoms with van der Waals surface area (Å²) in [6, 6.07) is 20.4. The number of nitrogens with zero attached hydrogens (tertiary/aromatic N) is 1. The molecule has 0 bridgehead atoms. The van der Waals surface area contributed by atoms with E-state index in [0.717, 1.165) is 53.6 Å². The van der Waals surface area contributed by atoms with Gasteiger partial charge in [-0.05, 0) is 85.8 Å². The first kappa shape index (κ1) is 26.5. The summed E-state index contributed by atoms with van der Waals surface area (Å²) in [7, 11) is 0. The SMILES string of the molecule is CCNc1cc(F)cc(C(C)(B2CCC(c3ccccc3Oc3ccc(C#N)cc3)CC2)C(C)=O)c1C. The summed E-state index contributed by atoms with van der Waals surface area (Å²) in [5.74, 6) is 1.60. The maximum absolute atomic E-state index is 14.7. The second-order valence-electron chi connectivity index (χ2n) is 10.2. The third-order valence-corrected chi connectivity index (χ3v) is 8.14. The molecule has 1 fully saturated rings. The third-order valence-electron chi connectivity index (χ3n) is 8.14. The van der Waals surface area contributed by atoms with Gasteiger partial charge in [0.05, 0.1) is 11.6 Å². The second-order valence-corrected chi connectivity index (χ2v) is 10.2. The molecule has 1 unspecified atom stereocenters. The van der Waals surface area contributed by atoms with Gasteiger partial charge in [-0.15, -0.1) is 0 Å². The number of halogens is 1. The van der Waals surface area contributed by atoms with E-state index < -0.39 is 5.31 Å². The van der Waals surface area contributed by atoms with Crippen LogP contribution in [0, 0.1) is 24.1 Å². The molecule has 1 heterocycles. The summed E-state index contributed by atoms with van der Waals surface area (Å²) < 4.78 is 20.9. The maximum atomic E-state index is 14.7. The molecule has 0 radical (unpaired) electrons. The Morgan fingerprint density at radius 3 is 2.46 bits per heavy atom. The van der Waals surface area contributed by atoms with Crippen molar-refractivity contribution < 1.29 is 13.9 Å². The van der Waals surface area contributed by atoms with E-state index in [1.807, 2.05) is 51.1 Å². The fourth-order valence-electron chi connectivity index (χ4n) is 5.91. The van der Waals surface area contributed by atoms with E-state index in [4.69, 9.17) is 10.00 Å². The summed E-state index contributed by atoms with van der Waals surface area (Å²) in [4.78, 5) is 13.2. The minimum Gasteiger partial charge on any atom is -0.457 e. The smallest absolute Gasteiger partial charge is 0.161 e. The van der Waals surface area contributed by atoms with Crippen LogP contribution in [0.2, 0.25) is 12.6 Å². The molecule has 4 nitrogen and oxygen atoms in total. The van der Waals surface area contributed by atoms with Crippen molar-refractivity contribution in [2.45, 2.75) is 64.4 Å². The van der Waals surface area contributed by atoms with Gasteiger partial charge in [-0.3, -0.25) is 4.79 Å². The first-order valence-corrected chi connectivity index (χ1v) is 13.1. The fourth-order valence-corrected chi connectivity index (χ4v) is 5.91. The minimum atomic E-state index is -0.750. The fraction of sp³-hybridized carbons (Fsp3) is 0.355. The Kier molecular flexibility index (Phi) is 8.02. The van der Waals surface area contributed by atoms with E-state index in [-0.39, 0.29) is 18.3 Å². The van der Waals surface area contributed by atoms with Gasteiger partial charge in [-0.2, -0.15) is 5.26 Å². The van der Waals surface area contributed by atoms with E-state index in [1.54, 1.807) is 25.1 Å². The number of hydrogen-bond acceptors (Lipinski definition) is 4. The van der Waals surface area contributed by atoms with Crippen molar-refractivity contribution in [3.63, 3.8) is 0 Å². The average molecular weight is 496 g/mol. The van der Waals surface area contributed by atoms with E-state index in [0.29, 0.717) is 23.8 Å². The lowest BCUT2D eigenvalue weighted by molar-refractivity contribution is -0.119. The number of benzene rings is 3. The molecule has 1 atom stereocenters. The minimum absolute atomic E-state index is 0.0802. The third kappa shape index (κ3) is 5.42. The number of hydrogen-bond donors (Lipinski definition) is 1. The molecule has 1 aliphatic heterocycles. The molecular weight excluding hydrogens is 462 g/mol. The van der Waals surface area contributed by atoms with Crippen LogP contribution >= 0.6 is 0 Å². The van der Waals surface area contributed by atoms with Crippen LogP contribution in [0.1, 0.15) is 61.8 Å². The molecule has 0 spiro atoms. The van der Waals surface area contributed by atoms with Crippen LogP contribution in [0.15, 0.2) is 60.7 Å². The van der Waals surface area contributed by atoms with Crippen LogP contribution in [0.4, 0.5) is 10.1 Å². The Balaban J connectivity index is 1.56. The number of Topliss-reactive ketones (excluding diaryl/α,β-unsaturated/α-hetero) is 1. The van der Waals surface area contributed by atoms with Crippen molar-refractivity contribution in [1.29, 1.82) is 5.26 Å². The van der Waals surface area contributed by atoms with Gasteiger partial charge >= 0.3 is 0 Å². The zero-order valence-corrected chi connectivity index (χ0v) is 22.1. The lowest BCUT2D eigenvalue weighted by atomic mass is 9.25. The molecule has 190 valence electrons. The molecule has 1 aliphatic rings. The Bertz CT molecular complexity index is 1310. The lowest BCUT2D eigenvalue weighted by Gasteiger charge is -2.40. The van der Waals surface area contributed by atoms with Gasteiger partial charge in [0, 0.05) is 17.5 Å². The Labute approximate surface area is 219 Å². The largest absolute Gasteiger partial charge is 0.457 e. The molecule has 0 aliphatic carbocycles. The first-order chi connectivity index (χ1) is 17.8. The van der Waals surface area contributed by atoms with Gasteiger partial charge < -0.3 is 10.1 Å². The summed E-state index contributed by atoms with van der Waals surface area (Å²) in [6.45, 7) is 8.43. The summed E-state index contributed by atoms with van der Waals surface area (Å²) in [5, 5.41) is 11.6. The first-order valence-electron chi connectivity index (χ1n) is 13.1. The zero-order chi connectivity index (χ0) is 26.6. The van der Waals surface area contributed by atoms with E-state index in [1.165, 1.54) is 6.07 Å². The summed E-state index contributed by atoms with van der Waals surface area (Å²) in [5.41, 5.74) is 4.26. The van der Waals surface area contributed by atoms with E-state index >= 15 is 0 Å². The van der Waals surface area contributed by atoms with Crippen LogP contribution < -0.4 is 10.1 Å². The maximum Gasteiger partial charge on any atom is 0.161 e. The number of carbonyl (C=O) groups is 1. The molecule has 3 aromatic carbocycles. The van der Waals surface area contributed by atoms with Crippen molar-refractivity contribution in [2.75, 3.05) is 11.9 Å². The highest BCUT2D eigenvalue weighted by Gasteiger charge is 2.45. The number of anilines is 1. The van der Waals surface area contributed by atoms with Gasteiger partial charge in [0.25, 0.3) is 0 Å². The highest BCUT2D eigenvalue weighted by molar-refractivity contribution is 6.67. The Morgan fingerprint density at radius 1 is 1.16 bits per heavy atom. The van der Waals surface area contributed by atoms with Crippen molar-refractivity contribution in [3.8, 4) is 17.6 Å². The zero-order valence-electron chi connectivity index (χ0n) is 22.1. The monoisotopic (exact) mass is 496 g/mol. The standard InChI is InChI=1S/C31H34BFN2O2/c1-5-35-29-19-25(33)18-28(21(29)2)31(4,22(3)36)32-16-14-24(15-17-32)27-8-6-7-9-30(27)37-26-12-10-23(20-34)11-13-26/h6-13,18-19,24,35H,5,14-17H2,1-4H3. The Hall–Kier alpha value is -3.59. The molecule has 1 N–H and O–H groups in total. The molecule has 0 aromatic heterocycles. The van der Waals surface area contributed by atoms with Crippen LogP contribution in [0.25, 0.3) is 0 Å². The topological polar surface area (TPSA) is 62.1 Å². The number of para-hydroxylation sites is 1. The van der Waals surface area contributed by atoms with E-state index in [2.05, 4.69) is 17.5 Å². The van der Waals surface area contributed by atoms with Crippen LogP contribution in [0.3, 0.4) is 0 Å². The average Bonchev–Trinajstić information content (AvgIpc) is 2.91. The number of carbonyl (C=O) groups excluding carboxylic acids is 1. The van der Waals surface area contributed by atoms with Crippen LogP contribution in [0.5, 0.6) is 11.5 Å². The number of rotatable bonds is 8. The molecule has 0 saturated carbocycles. The van der Waals surface area contributed by atoms with Crippen molar-refractivity contribution in [3.05, 3.63) is 88.7 Å². The van der Waals surface area contributed by atoms with E-state index in [9.17, 15) is 9.18 Å². The quantitative estimate of drug-likeness (QED) is 0.325. The molecule has 37 heavy (non-hydrogen) atoms. The highest BCUT2D eigenvalue weighted by atomic mass is 19.1. The Morgan fingerprint density at radius 2 is 1.84 bits per heavy atom. The van der Waals surface area contributed by atoms with Gasteiger partial charge in [0.2, 0.25) is 0 Å². The molecule has 6 heteroatoms. The predicted octanol–water partition coefficient (Wildman–Crippen LogP) is 7.69. The lowest BCUT2D eigenvalue weighted by Crippen LogP contribution is -2.48. The molecule has 4 rings (SSSR count). The summed E-state index contributed by atoms with van der Waals surface area (Å²) in [6.07, 6.45) is 3.60. The van der Waals surface area contributed by atoms with Gasteiger partial charge in [0.1, 0.15) is 23.1 Å². The number of nitrogens with one attached hydrogen (secondary N) is 1. The van der Waals surface area contributed by atoms with Crippen LogP contribution in [-0.4, -0.2) is 19.0 Å². The molecular formula is C31H34BFN2O2. The normalized spacial score (nSPS) is 15.5. The molecule has 0 amide bonds. The van der Waals surface area contributed by atoms with Crippen molar-refractivity contribution in [1.82, 2.24) is 0 Å². The van der Waals surface area contributed by atoms with Crippen LogP contribution in [-0.2, 0) is 10.1 Å². The van der Waals surface area contributed by atoms with Crippen molar-refractivity contribution >= 4 is 18.2 Å².